The Kier molecular flexibility index (Phi) is 4.48. The zero-order valence-corrected chi connectivity index (χ0v) is 17.7. The van der Waals surface area contributed by atoms with E-state index in [-0.39, 0.29) is 12.4 Å². The Bertz CT molecular complexity index is 1460. The molecule has 7 heteroatoms. The molecule has 3 aromatic rings. The van der Waals surface area contributed by atoms with E-state index in [0.717, 1.165) is 10.1 Å². The Morgan fingerprint density at radius 1 is 1.00 bits per heavy atom. The Morgan fingerprint density at radius 2 is 1.69 bits per heavy atom. The van der Waals surface area contributed by atoms with Crippen LogP contribution in [0.5, 0.6) is 5.75 Å². The molecule has 2 aromatic carbocycles. The number of carbonyl (C=O) groups excluding carboxylic acids is 1. The number of hydrogen-bond acceptors (Lipinski definition) is 5. The fourth-order valence-electron chi connectivity index (χ4n) is 4.57. The molecular weight excluding hydrogens is 406 g/mol. The molecule has 1 aliphatic heterocycles. The number of Topliss-reactive ketones (excluding diaryl/α,β-unsaturated/α-hetero) is 1. The maximum absolute atomic E-state index is 13.6. The van der Waals surface area contributed by atoms with Gasteiger partial charge in [0.25, 0.3) is 5.56 Å². The summed E-state index contributed by atoms with van der Waals surface area (Å²) in [6.07, 6.45) is 1.64. The summed E-state index contributed by atoms with van der Waals surface area (Å²) in [5.74, 6) is 0.0856. The van der Waals surface area contributed by atoms with Crippen molar-refractivity contribution in [3.63, 3.8) is 0 Å². The molecular formula is C25H21N3O4. The summed E-state index contributed by atoms with van der Waals surface area (Å²) in [6, 6.07) is 14.6. The van der Waals surface area contributed by atoms with Crippen molar-refractivity contribution < 1.29 is 9.53 Å². The lowest BCUT2D eigenvalue weighted by molar-refractivity contribution is 0.103. The second-order valence-electron chi connectivity index (χ2n) is 7.83. The molecule has 0 bridgehead atoms. The fraction of sp³-hybridized carbons (Fsp3) is 0.160. The molecule has 1 aliphatic carbocycles. The fourth-order valence-corrected chi connectivity index (χ4v) is 4.57. The van der Waals surface area contributed by atoms with Crippen molar-refractivity contribution >= 4 is 17.3 Å². The van der Waals surface area contributed by atoms with E-state index in [1.54, 1.807) is 25.3 Å². The summed E-state index contributed by atoms with van der Waals surface area (Å²) in [5.41, 5.74) is 2.53. The standard InChI is InChI=1S/C25H21N3O4/c1-4-13-32-17-12-8-7-11-16(17)18-19-21(14-9-5-6-10-15(14)22(19)29)26-23-20(18)24(30)28(3)25(31)27(23)2/h4-12,18,26H,1,13H2,2-3H3/t18-/m1/s1. The van der Waals surface area contributed by atoms with Crippen molar-refractivity contribution in [1.29, 1.82) is 0 Å². The number of para-hydroxylation sites is 1. The first-order valence-corrected chi connectivity index (χ1v) is 10.2. The highest BCUT2D eigenvalue weighted by Gasteiger charge is 2.43. The minimum atomic E-state index is -0.701. The third-order valence-corrected chi connectivity index (χ3v) is 6.06. The van der Waals surface area contributed by atoms with Crippen molar-refractivity contribution in [2.75, 3.05) is 11.9 Å². The van der Waals surface area contributed by atoms with Gasteiger partial charge < -0.3 is 10.1 Å². The summed E-state index contributed by atoms with van der Waals surface area (Å²) in [6.45, 7) is 3.98. The summed E-state index contributed by atoms with van der Waals surface area (Å²) >= 11 is 0. The van der Waals surface area contributed by atoms with Gasteiger partial charge in [-0.05, 0) is 6.07 Å². The maximum Gasteiger partial charge on any atom is 0.332 e. The van der Waals surface area contributed by atoms with Crippen LogP contribution in [-0.4, -0.2) is 21.5 Å². The highest BCUT2D eigenvalue weighted by molar-refractivity contribution is 6.23. The van der Waals surface area contributed by atoms with E-state index in [4.69, 9.17) is 4.74 Å². The first kappa shape index (κ1) is 19.8. The number of allylic oxidation sites excluding steroid dienone is 1. The molecule has 0 spiro atoms. The van der Waals surface area contributed by atoms with Crippen LogP contribution in [0.2, 0.25) is 0 Å². The van der Waals surface area contributed by atoms with E-state index in [1.165, 1.54) is 11.6 Å². The van der Waals surface area contributed by atoms with Gasteiger partial charge in [-0.1, -0.05) is 55.1 Å². The molecule has 2 heterocycles. The van der Waals surface area contributed by atoms with Gasteiger partial charge >= 0.3 is 5.69 Å². The van der Waals surface area contributed by atoms with Crippen LogP contribution in [0.25, 0.3) is 5.70 Å². The van der Waals surface area contributed by atoms with Crippen LogP contribution in [0, 0.1) is 0 Å². The van der Waals surface area contributed by atoms with Crippen molar-refractivity contribution in [1.82, 2.24) is 9.13 Å². The van der Waals surface area contributed by atoms with Gasteiger partial charge in [-0.3, -0.25) is 18.7 Å². The summed E-state index contributed by atoms with van der Waals surface area (Å²) < 4.78 is 8.37. The van der Waals surface area contributed by atoms with E-state index in [9.17, 15) is 14.4 Å². The Hall–Kier alpha value is -4.13. The van der Waals surface area contributed by atoms with Gasteiger partial charge in [-0.25, -0.2) is 4.79 Å². The van der Waals surface area contributed by atoms with Gasteiger partial charge in [0.2, 0.25) is 0 Å². The molecule has 2 aliphatic rings. The van der Waals surface area contributed by atoms with E-state index in [0.29, 0.717) is 39.5 Å². The van der Waals surface area contributed by atoms with E-state index in [2.05, 4.69) is 11.9 Å². The minimum Gasteiger partial charge on any atom is -0.489 e. The molecule has 0 amide bonds. The lowest BCUT2D eigenvalue weighted by Gasteiger charge is -2.30. The largest absolute Gasteiger partial charge is 0.489 e. The topological polar surface area (TPSA) is 82.3 Å². The number of aromatic nitrogens is 2. The number of ketones is 1. The molecule has 0 saturated carbocycles. The third-order valence-electron chi connectivity index (χ3n) is 6.06. The van der Waals surface area contributed by atoms with Crippen molar-refractivity contribution in [2.24, 2.45) is 14.1 Å². The van der Waals surface area contributed by atoms with Gasteiger partial charge in [0.15, 0.2) is 5.78 Å². The van der Waals surface area contributed by atoms with Gasteiger partial charge in [0.05, 0.1) is 17.2 Å². The molecule has 160 valence electrons. The van der Waals surface area contributed by atoms with Crippen molar-refractivity contribution in [3.8, 4) is 5.75 Å². The number of fused-ring (bicyclic) bond motifs is 3. The molecule has 0 fully saturated rings. The normalized spacial score (nSPS) is 16.2. The molecule has 5 rings (SSSR count). The van der Waals surface area contributed by atoms with E-state index >= 15 is 0 Å². The zero-order valence-electron chi connectivity index (χ0n) is 17.7. The van der Waals surface area contributed by atoms with Crippen LogP contribution in [-0.2, 0) is 14.1 Å². The van der Waals surface area contributed by atoms with Crippen molar-refractivity contribution in [2.45, 2.75) is 5.92 Å². The van der Waals surface area contributed by atoms with Gasteiger partial charge in [0, 0.05) is 36.4 Å². The third kappa shape index (κ3) is 2.64. The van der Waals surface area contributed by atoms with Crippen LogP contribution in [0.3, 0.4) is 0 Å². The summed E-state index contributed by atoms with van der Waals surface area (Å²) in [5, 5.41) is 3.24. The molecule has 32 heavy (non-hydrogen) atoms. The van der Waals surface area contributed by atoms with Gasteiger partial charge in [-0.2, -0.15) is 0 Å². The predicted octanol–water partition coefficient (Wildman–Crippen LogP) is 2.81. The molecule has 1 N–H and O–H groups in total. The number of nitrogens with one attached hydrogen (secondary N) is 1. The van der Waals surface area contributed by atoms with Crippen LogP contribution < -0.4 is 21.3 Å². The Morgan fingerprint density at radius 3 is 2.44 bits per heavy atom. The zero-order chi connectivity index (χ0) is 22.6. The number of rotatable bonds is 4. The minimum absolute atomic E-state index is 0.145. The number of hydrogen-bond donors (Lipinski definition) is 1. The maximum atomic E-state index is 13.6. The number of benzene rings is 2. The molecule has 0 unspecified atom stereocenters. The SMILES string of the molecule is C=CCOc1ccccc1[C@@H]1C2=C(Nc3c1c(=O)n(C)c(=O)n3C)c1ccccc1C2=O. The smallest absolute Gasteiger partial charge is 0.332 e. The van der Waals surface area contributed by atoms with Crippen LogP contribution in [0.15, 0.2) is 76.3 Å². The molecule has 7 nitrogen and oxygen atoms in total. The van der Waals surface area contributed by atoms with E-state index in [1.807, 2.05) is 36.4 Å². The van der Waals surface area contributed by atoms with Crippen LogP contribution in [0.1, 0.15) is 33.0 Å². The number of anilines is 1. The van der Waals surface area contributed by atoms with Gasteiger partial charge in [0.1, 0.15) is 18.2 Å². The molecule has 0 radical (unpaired) electrons. The Balaban J connectivity index is 1.87. The number of nitrogens with zero attached hydrogens (tertiary/aromatic N) is 2. The highest BCUT2D eigenvalue weighted by atomic mass is 16.5. The van der Waals surface area contributed by atoms with Crippen molar-refractivity contribution in [3.05, 3.63) is 110 Å². The number of carbonyl (C=O) groups is 1. The van der Waals surface area contributed by atoms with Crippen LogP contribution >= 0.6 is 0 Å². The first-order chi connectivity index (χ1) is 15.5. The molecule has 1 aromatic heterocycles. The highest BCUT2D eigenvalue weighted by Crippen LogP contribution is 2.49. The monoisotopic (exact) mass is 427 g/mol. The number of ether oxygens (including phenoxy) is 1. The lowest BCUT2D eigenvalue weighted by Crippen LogP contribution is -2.42. The average Bonchev–Trinajstić information content (AvgIpc) is 3.11. The summed E-state index contributed by atoms with van der Waals surface area (Å²) in [4.78, 5) is 39.6. The van der Waals surface area contributed by atoms with E-state index < -0.39 is 17.2 Å². The lowest BCUT2D eigenvalue weighted by atomic mass is 9.81. The van der Waals surface area contributed by atoms with Gasteiger partial charge in [-0.15, -0.1) is 0 Å². The quantitative estimate of drug-likeness (QED) is 0.648. The second kappa shape index (κ2) is 7.23. The molecule has 0 saturated heterocycles. The molecule has 1 atom stereocenters. The predicted molar refractivity (Wildman–Crippen MR) is 122 cm³/mol. The average molecular weight is 427 g/mol. The van der Waals surface area contributed by atoms with Crippen LogP contribution in [0.4, 0.5) is 5.82 Å². The first-order valence-electron chi connectivity index (χ1n) is 10.2. The second-order valence-corrected chi connectivity index (χ2v) is 7.83. The summed E-state index contributed by atoms with van der Waals surface area (Å²) in [7, 11) is 3.05. The Labute approximate surface area is 183 Å².